The first-order chi connectivity index (χ1) is 14.7. The van der Waals surface area contributed by atoms with Gasteiger partial charge in [0.25, 0.3) is 0 Å². The minimum atomic E-state index is -0.488. The Hall–Kier alpha value is -4.13. The molecular formula is C23H15FN4O2. The Morgan fingerprint density at radius 1 is 0.900 bits per heavy atom. The van der Waals surface area contributed by atoms with Crippen LogP contribution in [0.1, 0.15) is 5.76 Å². The molecule has 3 aromatic heterocycles. The predicted molar refractivity (Wildman–Crippen MR) is 113 cm³/mol. The third-order valence-electron chi connectivity index (χ3n) is 4.84. The van der Waals surface area contributed by atoms with Crippen molar-refractivity contribution in [2.24, 2.45) is 0 Å². The van der Waals surface area contributed by atoms with Crippen LogP contribution in [-0.4, -0.2) is 15.0 Å². The Balaban J connectivity index is 1.65. The summed E-state index contributed by atoms with van der Waals surface area (Å²) in [6.45, 7) is 0.130. The maximum atomic E-state index is 14.6. The van der Waals surface area contributed by atoms with Crippen molar-refractivity contribution < 1.29 is 8.81 Å². The molecule has 5 aromatic rings. The van der Waals surface area contributed by atoms with Crippen molar-refractivity contribution in [2.45, 2.75) is 6.54 Å². The van der Waals surface area contributed by atoms with Crippen molar-refractivity contribution >= 4 is 27.8 Å². The fraction of sp³-hybridized carbons (Fsp3) is 0.0435. The van der Waals surface area contributed by atoms with Crippen LogP contribution in [0.5, 0.6) is 0 Å². The van der Waals surface area contributed by atoms with Gasteiger partial charge in [-0.3, -0.25) is 4.79 Å². The molecule has 0 aliphatic heterocycles. The van der Waals surface area contributed by atoms with Crippen LogP contribution in [0, 0.1) is 5.82 Å². The Morgan fingerprint density at radius 3 is 2.60 bits per heavy atom. The van der Waals surface area contributed by atoms with E-state index in [1.165, 1.54) is 12.4 Å². The van der Waals surface area contributed by atoms with Crippen molar-refractivity contribution in [2.75, 3.05) is 5.32 Å². The van der Waals surface area contributed by atoms with Crippen LogP contribution in [0.15, 0.2) is 82.4 Å². The van der Waals surface area contributed by atoms with Gasteiger partial charge in [0.2, 0.25) is 5.43 Å². The normalized spacial score (nSPS) is 11.1. The van der Waals surface area contributed by atoms with Gasteiger partial charge in [0.05, 0.1) is 22.9 Å². The van der Waals surface area contributed by atoms with E-state index in [0.29, 0.717) is 28.2 Å². The standard InChI is InChI=1S/C23H15FN4O2/c24-17-9-3-1-6-14(17)20-19(30-18-10-4-2-7-15(18)21(20)29)12-26-23-16-8-5-11-25-22(16)27-13-28-23/h1-11,13H,12H2,(H,25,26,27,28). The maximum Gasteiger partial charge on any atom is 0.200 e. The summed E-state index contributed by atoms with van der Waals surface area (Å²) in [6, 6.07) is 16.7. The number of rotatable bonds is 4. The number of benzene rings is 2. The Labute approximate surface area is 170 Å². The average Bonchev–Trinajstić information content (AvgIpc) is 2.78. The van der Waals surface area contributed by atoms with Gasteiger partial charge in [-0.15, -0.1) is 0 Å². The summed E-state index contributed by atoms with van der Waals surface area (Å²) in [6.07, 6.45) is 3.06. The van der Waals surface area contributed by atoms with E-state index < -0.39 is 5.82 Å². The molecule has 6 nitrogen and oxygen atoms in total. The van der Waals surface area contributed by atoms with Gasteiger partial charge in [0, 0.05) is 11.8 Å². The molecule has 0 aliphatic rings. The quantitative estimate of drug-likeness (QED) is 0.478. The highest BCUT2D eigenvalue weighted by Crippen LogP contribution is 2.28. The zero-order valence-corrected chi connectivity index (χ0v) is 15.7. The average molecular weight is 398 g/mol. The molecule has 30 heavy (non-hydrogen) atoms. The highest BCUT2D eigenvalue weighted by molar-refractivity contribution is 5.86. The van der Waals surface area contributed by atoms with E-state index in [-0.39, 0.29) is 23.1 Å². The number of nitrogens with one attached hydrogen (secondary N) is 1. The number of anilines is 1. The van der Waals surface area contributed by atoms with E-state index in [4.69, 9.17) is 4.42 Å². The molecule has 146 valence electrons. The number of fused-ring (bicyclic) bond motifs is 2. The van der Waals surface area contributed by atoms with Crippen LogP contribution < -0.4 is 10.7 Å². The lowest BCUT2D eigenvalue weighted by Gasteiger charge is -2.13. The van der Waals surface area contributed by atoms with Crippen molar-refractivity contribution in [3.05, 3.63) is 95.0 Å². The summed E-state index contributed by atoms with van der Waals surface area (Å²) in [5.74, 6) is 0.376. The molecule has 0 fully saturated rings. The number of hydrogen-bond donors (Lipinski definition) is 1. The van der Waals surface area contributed by atoms with E-state index in [1.54, 1.807) is 54.7 Å². The highest BCUT2D eigenvalue weighted by atomic mass is 19.1. The third-order valence-corrected chi connectivity index (χ3v) is 4.84. The number of nitrogens with zero attached hydrogens (tertiary/aromatic N) is 3. The molecule has 1 N–H and O–H groups in total. The molecule has 0 amide bonds. The second kappa shape index (κ2) is 7.36. The Bertz CT molecular complexity index is 1440. The molecule has 2 aromatic carbocycles. The SMILES string of the molecule is O=c1c(-c2ccccc2F)c(CNc2ncnc3ncccc23)oc2ccccc12. The number of halogens is 1. The fourth-order valence-corrected chi connectivity index (χ4v) is 3.45. The first-order valence-electron chi connectivity index (χ1n) is 9.31. The summed E-state index contributed by atoms with van der Waals surface area (Å²) in [5, 5.41) is 4.31. The van der Waals surface area contributed by atoms with Crippen LogP contribution >= 0.6 is 0 Å². The van der Waals surface area contributed by atoms with Crippen molar-refractivity contribution in [1.82, 2.24) is 15.0 Å². The molecular weight excluding hydrogens is 383 g/mol. The second-order valence-electron chi connectivity index (χ2n) is 6.66. The van der Waals surface area contributed by atoms with Gasteiger partial charge in [-0.05, 0) is 30.3 Å². The fourth-order valence-electron chi connectivity index (χ4n) is 3.45. The van der Waals surface area contributed by atoms with Crippen LogP contribution in [-0.2, 0) is 6.54 Å². The van der Waals surface area contributed by atoms with Crippen molar-refractivity contribution in [1.29, 1.82) is 0 Å². The molecule has 0 atom stereocenters. The number of aromatic nitrogens is 3. The van der Waals surface area contributed by atoms with Crippen LogP contribution in [0.4, 0.5) is 10.2 Å². The summed E-state index contributed by atoms with van der Waals surface area (Å²) >= 11 is 0. The molecule has 3 heterocycles. The summed E-state index contributed by atoms with van der Waals surface area (Å²) in [4.78, 5) is 25.9. The Morgan fingerprint density at radius 2 is 1.70 bits per heavy atom. The monoisotopic (exact) mass is 398 g/mol. The van der Waals surface area contributed by atoms with Gasteiger partial charge >= 0.3 is 0 Å². The summed E-state index contributed by atoms with van der Waals surface area (Å²) < 4.78 is 20.6. The zero-order valence-electron chi connectivity index (χ0n) is 15.7. The number of para-hydroxylation sites is 1. The van der Waals surface area contributed by atoms with E-state index in [0.717, 1.165) is 5.39 Å². The largest absolute Gasteiger partial charge is 0.458 e. The molecule has 0 radical (unpaired) electrons. The van der Waals surface area contributed by atoms with Crippen molar-refractivity contribution in [3.63, 3.8) is 0 Å². The van der Waals surface area contributed by atoms with E-state index in [9.17, 15) is 9.18 Å². The van der Waals surface area contributed by atoms with Crippen LogP contribution in [0.3, 0.4) is 0 Å². The van der Waals surface area contributed by atoms with Gasteiger partial charge in [0.1, 0.15) is 29.3 Å². The highest BCUT2D eigenvalue weighted by Gasteiger charge is 2.19. The van der Waals surface area contributed by atoms with Gasteiger partial charge in [0.15, 0.2) is 5.65 Å². The molecule has 0 saturated carbocycles. The second-order valence-corrected chi connectivity index (χ2v) is 6.66. The molecule has 0 aliphatic carbocycles. The van der Waals surface area contributed by atoms with Crippen LogP contribution in [0.2, 0.25) is 0 Å². The van der Waals surface area contributed by atoms with Gasteiger partial charge in [-0.25, -0.2) is 19.3 Å². The van der Waals surface area contributed by atoms with E-state index in [1.807, 2.05) is 6.07 Å². The van der Waals surface area contributed by atoms with Gasteiger partial charge < -0.3 is 9.73 Å². The minimum absolute atomic E-state index is 0.130. The van der Waals surface area contributed by atoms with E-state index >= 15 is 0 Å². The zero-order chi connectivity index (χ0) is 20.5. The lowest BCUT2D eigenvalue weighted by atomic mass is 10.0. The molecule has 5 rings (SSSR count). The maximum absolute atomic E-state index is 14.6. The number of pyridine rings is 1. The minimum Gasteiger partial charge on any atom is -0.458 e. The smallest absolute Gasteiger partial charge is 0.200 e. The molecule has 7 heteroatoms. The van der Waals surface area contributed by atoms with Crippen molar-refractivity contribution in [3.8, 4) is 11.1 Å². The molecule has 0 saturated heterocycles. The number of hydrogen-bond acceptors (Lipinski definition) is 6. The van der Waals surface area contributed by atoms with Gasteiger partial charge in [-0.2, -0.15) is 0 Å². The topological polar surface area (TPSA) is 80.9 Å². The third kappa shape index (κ3) is 3.06. The molecule has 0 unspecified atom stereocenters. The predicted octanol–water partition coefficient (Wildman–Crippen LogP) is 4.55. The first kappa shape index (κ1) is 17.9. The lowest BCUT2D eigenvalue weighted by Crippen LogP contribution is -2.13. The summed E-state index contributed by atoms with van der Waals surface area (Å²) in [7, 11) is 0. The molecule has 0 bridgehead atoms. The summed E-state index contributed by atoms with van der Waals surface area (Å²) in [5.41, 5.74) is 1.09. The molecule has 0 spiro atoms. The van der Waals surface area contributed by atoms with Gasteiger partial charge in [-0.1, -0.05) is 30.3 Å². The first-order valence-corrected chi connectivity index (χ1v) is 9.31. The van der Waals surface area contributed by atoms with E-state index in [2.05, 4.69) is 20.3 Å². The lowest BCUT2D eigenvalue weighted by molar-refractivity contribution is 0.546. The Kier molecular flexibility index (Phi) is 4.40. The van der Waals surface area contributed by atoms with Crippen LogP contribution in [0.25, 0.3) is 33.1 Å².